The minimum absolute atomic E-state index is 0.193. The molecule has 0 aliphatic heterocycles. The van der Waals surface area contributed by atoms with Crippen LogP contribution in [0.1, 0.15) is 44.9 Å². The van der Waals surface area contributed by atoms with Gasteiger partial charge in [-0.2, -0.15) is 4.74 Å². The molecule has 10 nitrogen and oxygen atoms in total. The third-order valence-corrected chi connectivity index (χ3v) is 6.76. The normalized spacial score (nSPS) is 11.2. The molecule has 3 N–H and O–H groups in total. The molecule has 0 saturated carbocycles. The van der Waals surface area contributed by atoms with Gasteiger partial charge >= 0.3 is 0 Å². The van der Waals surface area contributed by atoms with Crippen molar-refractivity contribution in [3.05, 3.63) is 87.3 Å². The van der Waals surface area contributed by atoms with Crippen molar-refractivity contribution in [2.75, 3.05) is 5.32 Å². The summed E-state index contributed by atoms with van der Waals surface area (Å²) in [7, 11) is 1.58. The SMILES string of the molecule is CCn1c(-c2ccc(-c3c(C)on(C)c3=O)cc2)c(C)c2nc(C)nc(C(=O)Nc3cccc(C(N)=O)c3)c21. The Kier molecular flexibility index (Phi) is 6.39. The van der Waals surface area contributed by atoms with Crippen LogP contribution in [0.4, 0.5) is 5.69 Å². The lowest BCUT2D eigenvalue weighted by Crippen LogP contribution is -2.18. The summed E-state index contributed by atoms with van der Waals surface area (Å²) >= 11 is 0. The molecule has 3 heterocycles. The van der Waals surface area contributed by atoms with Gasteiger partial charge in [0.2, 0.25) is 5.91 Å². The van der Waals surface area contributed by atoms with E-state index in [2.05, 4.69) is 15.3 Å². The van der Waals surface area contributed by atoms with Gasteiger partial charge in [0.25, 0.3) is 11.5 Å². The third kappa shape index (κ3) is 4.39. The molecule has 0 bridgehead atoms. The summed E-state index contributed by atoms with van der Waals surface area (Å²) in [5.74, 6) is 0.00763. The summed E-state index contributed by atoms with van der Waals surface area (Å²) in [6, 6.07) is 14.1. The molecule has 0 radical (unpaired) electrons. The maximum absolute atomic E-state index is 13.5. The average molecular weight is 525 g/mol. The van der Waals surface area contributed by atoms with E-state index in [1.165, 1.54) is 10.8 Å². The number of anilines is 1. The van der Waals surface area contributed by atoms with E-state index in [0.29, 0.717) is 46.0 Å². The van der Waals surface area contributed by atoms with E-state index >= 15 is 0 Å². The van der Waals surface area contributed by atoms with Crippen LogP contribution in [0, 0.1) is 20.8 Å². The molecule has 3 aromatic heterocycles. The van der Waals surface area contributed by atoms with Gasteiger partial charge in [-0.25, -0.2) is 9.97 Å². The topological polar surface area (TPSA) is 138 Å². The highest BCUT2D eigenvalue weighted by atomic mass is 16.5. The number of hydrogen-bond acceptors (Lipinski definition) is 6. The number of nitrogens with two attached hydrogens (primary N) is 1. The number of rotatable bonds is 6. The van der Waals surface area contributed by atoms with Gasteiger partial charge in [0.1, 0.15) is 11.6 Å². The standard InChI is InChI=1S/C29H28N6O4/c1-6-35-25(19-12-10-18(11-13-19)22-16(3)39-34(5)29(22)38)15(2)23-26(35)24(32-17(4)31-23)28(37)33-21-9-7-8-20(14-21)27(30)36/h7-14H,6H2,1-5H3,(H2,30,36)(H,33,37). The molecule has 0 saturated heterocycles. The molecule has 0 fully saturated rings. The van der Waals surface area contributed by atoms with E-state index in [1.807, 2.05) is 42.7 Å². The van der Waals surface area contributed by atoms with Crippen molar-refractivity contribution >= 4 is 28.5 Å². The zero-order valence-corrected chi connectivity index (χ0v) is 22.3. The molecule has 2 aromatic carbocycles. The minimum Gasteiger partial charge on any atom is -0.381 e. The fourth-order valence-corrected chi connectivity index (χ4v) is 5.02. The first-order valence-corrected chi connectivity index (χ1v) is 12.5. The largest absolute Gasteiger partial charge is 0.381 e. The Labute approximate surface area is 224 Å². The molecule has 5 aromatic rings. The molecule has 198 valence electrons. The number of carbonyl (C=O) groups is 2. The van der Waals surface area contributed by atoms with Crippen molar-refractivity contribution < 1.29 is 14.1 Å². The highest BCUT2D eigenvalue weighted by Gasteiger charge is 2.24. The van der Waals surface area contributed by atoms with Crippen molar-refractivity contribution in [3.8, 4) is 22.4 Å². The molecule has 0 spiro atoms. The highest BCUT2D eigenvalue weighted by molar-refractivity contribution is 6.11. The number of primary amides is 1. The fourth-order valence-electron chi connectivity index (χ4n) is 5.02. The van der Waals surface area contributed by atoms with E-state index in [-0.39, 0.29) is 11.3 Å². The van der Waals surface area contributed by atoms with E-state index in [1.54, 1.807) is 39.1 Å². The second kappa shape index (κ2) is 9.71. The van der Waals surface area contributed by atoms with Crippen molar-refractivity contribution in [1.29, 1.82) is 0 Å². The Morgan fingerprint density at radius 3 is 2.33 bits per heavy atom. The van der Waals surface area contributed by atoms with Crippen LogP contribution in [0.3, 0.4) is 0 Å². The number of amides is 2. The monoisotopic (exact) mass is 524 g/mol. The number of benzene rings is 2. The van der Waals surface area contributed by atoms with Gasteiger partial charge in [0, 0.05) is 30.4 Å². The third-order valence-electron chi connectivity index (χ3n) is 6.76. The Bertz CT molecular complexity index is 1830. The van der Waals surface area contributed by atoms with Gasteiger partial charge in [0.05, 0.1) is 22.3 Å². The van der Waals surface area contributed by atoms with Gasteiger partial charge in [-0.1, -0.05) is 30.3 Å². The summed E-state index contributed by atoms with van der Waals surface area (Å²) < 4.78 is 8.68. The molecule has 0 aliphatic carbocycles. The van der Waals surface area contributed by atoms with Crippen LogP contribution in [-0.4, -0.2) is 31.1 Å². The van der Waals surface area contributed by atoms with Crippen LogP contribution < -0.4 is 16.6 Å². The lowest BCUT2D eigenvalue weighted by molar-refractivity contribution is 0.0995. The summed E-state index contributed by atoms with van der Waals surface area (Å²) in [5, 5.41) is 2.84. The second-order valence-corrected chi connectivity index (χ2v) is 9.34. The first-order chi connectivity index (χ1) is 18.6. The van der Waals surface area contributed by atoms with Gasteiger partial charge in [-0.05, 0) is 57.0 Å². The van der Waals surface area contributed by atoms with Crippen molar-refractivity contribution in [1.82, 2.24) is 19.3 Å². The van der Waals surface area contributed by atoms with Crippen LogP contribution >= 0.6 is 0 Å². The van der Waals surface area contributed by atoms with E-state index in [9.17, 15) is 14.4 Å². The molecule has 0 aliphatic rings. The lowest BCUT2D eigenvalue weighted by Gasteiger charge is -2.12. The maximum Gasteiger partial charge on any atom is 0.290 e. The van der Waals surface area contributed by atoms with Crippen molar-refractivity contribution in [3.63, 3.8) is 0 Å². The number of fused-ring (bicyclic) bond motifs is 1. The number of hydrogen-bond donors (Lipinski definition) is 2. The zero-order chi connectivity index (χ0) is 28.0. The van der Waals surface area contributed by atoms with Crippen molar-refractivity contribution in [2.24, 2.45) is 12.8 Å². The second-order valence-electron chi connectivity index (χ2n) is 9.34. The number of aromatic nitrogens is 4. The van der Waals surface area contributed by atoms with Gasteiger partial charge in [-0.3, -0.25) is 14.4 Å². The highest BCUT2D eigenvalue weighted by Crippen LogP contribution is 2.35. The molecule has 0 unspecified atom stereocenters. The van der Waals surface area contributed by atoms with Crippen LogP contribution in [0.15, 0.2) is 57.8 Å². The van der Waals surface area contributed by atoms with Crippen LogP contribution in [0.25, 0.3) is 33.4 Å². The maximum atomic E-state index is 13.5. The first kappa shape index (κ1) is 25.7. The zero-order valence-electron chi connectivity index (χ0n) is 22.3. The predicted octanol–water partition coefficient (Wildman–Crippen LogP) is 4.35. The Hall–Kier alpha value is -4.99. The number of nitrogens with one attached hydrogen (secondary N) is 1. The number of carbonyl (C=O) groups excluding carboxylic acids is 2. The molecule has 0 atom stereocenters. The minimum atomic E-state index is -0.583. The molecular weight excluding hydrogens is 496 g/mol. The molecular formula is C29H28N6O4. The van der Waals surface area contributed by atoms with E-state index in [0.717, 1.165) is 22.4 Å². The lowest BCUT2D eigenvalue weighted by atomic mass is 10.0. The Balaban J connectivity index is 1.61. The Morgan fingerprint density at radius 2 is 1.72 bits per heavy atom. The van der Waals surface area contributed by atoms with Gasteiger partial charge < -0.3 is 20.1 Å². The number of aryl methyl sites for hydroxylation is 5. The smallest absolute Gasteiger partial charge is 0.290 e. The van der Waals surface area contributed by atoms with Crippen LogP contribution in [0.2, 0.25) is 0 Å². The van der Waals surface area contributed by atoms with Gasteiger partial charge in [0.15, 0.2) is 5.69 Å². The average Bonchev–Trinajstić information content (AvgIpc) is 3.34. The first-order valence-electron chi connectivity index (χ1n) is 12.5. The van der Waals surface area contributed by atoms with Crippen LogP contribution in [0.5, 0.6) is 0 Å². The predicted molar refractivity (Wildman–Crippen MR) is 149 cm³/mol. The quantitative estimate of drug-likeness (QED) is 0.339. The summed E-state index contributed by atoms with van der Waals surface area (Å²) in [4.78, 5) is 46.8. The fraction of sp³-hybridized carbons (Fsp3) is 0.207. The van der Waals surface area contributed by atoms with Crippen LogP contribution in [-0.2, 0) is 13.6 Å². The van der Waals surface area contributed by atoms with Gasteiger partial charge in [-0.15, -0.1) is 0 Å². The van der Waals surface area contributed by atoms with E-state index < -0.39 is 11.8 Å². The molecule has 2 amide bonds. The van der Waals surface area contributed by atoms with Crippen molar-refractivity contribution in [2.45, 2.75) is 34.2 Å². The molecule has 5 rings (SSSR count). The number of nitrogens with zero attached hydrogens (tertiary/aromatic N) is 4. The Morgan fingerprint density at radius 1 is 1.03 bits per heavy atom. The summed E-state index contributed by atoms with van der Waals surface area (Å²) in [6.45, 7) is 8.04. The molecule has 39 heavy (non-hydrogen) atoms. The van der Waals surface area contributed by atoms with E-state index in [4.69, 9.17) is 10.3 Å². The summed E-state index contributed by atoms with van der Waals surface area (Å²) in [6.07, 6.45) is 0. The summed E-state index contributed by atoms with van der Waals surface area (Å²) in [5.41, 5.74) is 11.5. The molecule has 10 heteroatoms.